The molecule has 2 amide bonds. The monoisotopic (exact) mass is 510 g/mol. The van der Waals surface area contributed by atoms with Gasteiger partial charge in [0, 0.05) is 16.3 Å². The van der Waals surface area contributed by atoms with Gasteiger partial charge in [0.1, 0.15) is 5.00 Å². The van der Waals surface area contributed by atoms with Crippen molar-refractivity contribution in [3.05, 3.63) is 80.7 Å². The van der Waals surface area contributed by atoms with Crippen molar-refractivity contribution in [3.63, 3.8) is 0 Å². The van der Waals surface area contributed by atoms with Crippen LogP contribution in [0.15, 0.2) is 48.5 Å². The molecule has 2 aromatic carbocycles. The molecule has 0 atom stereocenters. The van der Waals surface area contributed by atoms with Crippen molar-refractivity contribution in [2.24, 2.45) is 0 Å². The van der Waals surface area contributed by atoms with Crippen molar-refractivity contribution in [3.8, 4) is 0 Å². The summed E-state index contributed by atoms with van der Waals surface area (Å²) in [5.41, 5.74) is -0.571. The van der Waals surface area contributed by atoms with Crippen LogP contribution in [0, 0.1) is 6.92 Å². The molecule has 34 heavy (non-hydrogen) atoms. The fraction of sp³-hybridized carbons (Fsp3) is 0.174. The normalized spacial score (nSPS) is 11.1. The lowest BCUT2D eigenvalue weighted by molar-refractivity contribution is -0.137. The van der Waals surface area contributed by atoms with Gasteiger partial charge in [0.05, 0.1) is 22.6 Å². The van der Waals surface area contributed by atoms with E-state index in [9.17, 15) is 27.6 Å². The number of nitrogens with one attached hydrogen (secondary N) is 2. The van der Waals surface area contributed by atoms with Crippen LogP contribution in [0.3, 0.4) is 0 Å². The maximum Gasteiger partial charge on any atom is 0.416 e. The Bertz CT molecular complexity index is 1260. The lowest BCUT2D eigenvalue weighted by Crippen LogP contribution is -2.15. The summed E-state index contributed by atoms with van der Waals surface area (Å²) in [7, 11) is 0. The van der Waals surface area contributed by atoms with Crippen molar-refractivity contribution in [1.82, 2.24) is 0 Å². The van der Waals surface area contributed by atoms with E-state index in [0.717, 1.165) is 23.5 Å². The maximum atomic E-state index is 13.0. The van der Waals surface area contributed by atoms with Gasteiger partial charge in [-0.15, -0.1) is 11.3 Å². The van der Waals surface area contributed by atoms with Gasteiger partial charge in [0.25, 0.3) is 11.8 Å². The fourth-order valence-electron chi connectivity index (χ4n) is 3.03. The summed E-state index contributed by atoms with van der Waals surface area (Å²) >= 11 is 6.73. The molecule has 0 aliphatic carbocycles. The molecule has 0 saturated carbocycles. The van der Waals surface area contributed by atoms with Gasteiger partial charge in [-0.1, -0.05) is 23.7 Å². The lowest BCUT2D eigenvalue weighted by Gasteiger charge is -2.09. The van der Waals surface area contributed by atoms with Crippen LogP contribution in [-0.4, -0.2) is 24.4 Å². The van der Waals surface area contributed by atoms with Crippen molar-refractivity contribution >= 4 is 51.4 Å². The van der Waals surface area contributed by atoms with E-state index in [2.05, 4.69) is 10.6 Å². The Balaban J connectivity index is 1.94. The number of halogens is 4. The highest BCUT2D eigenvalue weighted by Gasteiger charge is 2.31. The second-order valence-electron chi connectivity index (χ2n) is 6.98. The molecule has 3 rings (SSSR count). The standard InChI is InChI=1S/C23H18ClF3N2O4S/c1-3-33-22(32)17-12(2)18(20(31)28-16-9-5-7-14(11-16)23(25,26)27)34-21(17)29-19(30)13-6-4-8-15(24)10-13/h4-11H,3H2,1-2H3,(H,28,31)(H,29,30). The fourth-order valence-corrected chi connectivity index (χ4v) is 4.31. The Hall–Kier alpha value is -3.37. The predicted molar refractivity (Wildman–Crippen MR) is 124 cm³/mol. The number of anilines is 2. The first-order valence-corrected chi connectivity index (χ1v) is 11.1. The number of ether oxygens (including phenoxy) is 1. The van der Waals surface area contributed by atoms with Crippen LogP contribution >= 0.6 is 22.9 Å². The summed E-state index contributed by atoms with van der Waals surface area (Å²) in [6.45, 7) is 3.14. The van der Waals surface area contributed by atoms with Crippen molar-refractivity contribution < 1.29 is 32.3 Å². The highest BCUT2D eigenvalue weighted by molar-refractivity contribution is 7.19. The highest BCUT2D eigenvalue weighted by atomic mass is 35.5. The van der Waals surface area contributed by atoms with Crippen LogP contribution in [0.1, 0.15) is 48.4 Å². The van der Waals surface area contributed by atoms with Gasteiger partial charge < -0.3 is 15.4 Å². The molecule has 1 heterocycles. The van der Waals surface area contributed by atoms with Gasteiger partial charge >= 0.3 is 12.1 Å². The number of rotatable bonds is 6. The molecule has 0 bridgehead atoms. The Kier molecular flexibility index (Phi) is 7.63. The molecule has 6 nitrogen and oxygen atoms in total. The van der Waals surface area contributed by atoms with Crippen LogP contribution in [0.4, 0.5) is 23.9 Å². The molecule has 178 valence electrons. The number of benzene rings is 2. The molecule has 0 spiro atoms. The molecule has 1 aromatic heterocycles. The molecule has 0 unspecified atom stereocenters. The Morgan fingerprint density at radius 2 is 1.74 bits per heavy atom. The van der Waals surface area contributed by atoms with Gasteiger partial charge in [-0.3, -0.25) is 9.59 Å². The van der Waals surface area contributed by atoms with Gasteiger partial charge in [0.15, 0.2) is 0 Å². The van der Waals surface area contributed by atoms with E-state index in [1.54, 1.807) is 19.1 Å². The molecule has 0 aliphatic heterocycles. The number of amides is 2. The van der Waals surface area contributed by atoms with E-state index in [1.165, 1.54) is 31.2 Å². The zero-order chi connectivity index (χ0) is 25.0. The average molecular weight is 511 g/mol. The predicted octanol–water partition coefficient (Wildman–Crippen LogP) is 6.41. The van der Waals surface area contributed by atoms with E-state index in [0.29, 0.717) is 5.02 Å². The highest BCUT2D eigenvalue weighted by Crippen LogP contribution is 2.35. The number of alkyl halides is 3. The van der Waals surface area contributed by atoms with E-state index >= 15 is 0 Å². The van der Waals surface area contributed by atoms with E-state index in [1.807, 2.05) is 0 Å². The summed E-state index contributed by atoms with van der Waals surface area (Å²) in [4.78, 5) is 38.2. The third-order valence-electron chi connectivity index (χ3n) is 4.59. The van der Waals surface area contributed by atoms with Crippen molar-refractivity contribution in [2.45, 2.75) is 20.0 Å². The van der Waals surface area contributed by atoms with Gasteiger partial charge in [0.2, 0.25) is 0 Å². The molecule has 0 aliphatic rings. The number of carbonyl (C=O) groups excluding carboxylic acids is 3. The summed E-state index contributed by atoms with van der Waals surface area (Å²) in [5.74, 6) is -2.06. The summed E-state index contributed by atoms with van der Waals surface area (Å²) in [5, 5.41) is 5.40. The number of esters is 1. The third kappa shape index (κ3) is 5.75. The molecular formula is C23H18ClF3N2O4S. The summed E-state index contributed by atoms with van der Waals surface area (Å²) in [6, 6.07) is 10.3. The minimum Gasteiger partial charge on any atom is -0.462 e. The molecule has 3 aromatic rings. The van der Waals surface area contributed by atoms with Crippen molar-refractivity contribution in [1.29, 1.82) is 0 Å². The number of thiophene rings is 1. The van der Waals surface area contributed by atoms with Gasteiger partial charge in [-0.25, -0.2) is 4.79 Å². The van der Waals surface area contributed by atoms with E-state index < -0.39 is 29.5 Å². The zero-order valence-electron chi connectivity index (χ0n) is 17.9. The van der Waals surface area contributed by atoms with Crippen LogP contribution in [0.5, 0.6) is 0 Å². The first-order valence-electron chi connectivity index (χ1n) is 9.87. The minimum absolute atomic E-state index is 0.0172. The SMILES string of the molecule is CCOC(=O)c1c(NC(=O)c2cccc(Cl)c2)sc(C(=O)Nc2cccc(C(F)(F)F)c2)c1C. The largest absolute Gasteiger partial charge is 0.462 e. The quantitative estimate of drug-likeness (QED) is 0.375. The third-order valence-corrected chi connectivity index (χ3v) is 6.04. The molecule has 11 heteroatoms. The Morgan fingerprint density at radius 1 is 1.03 bits per heavy atom. The number of carbonyl (C=O) groups is 3. The second-order valence-corrected chi connectivity index (χ2v) is 8.43. The zero-order valence-corrected chi connectivity index (χ0v) is 19.5. The Labute approximate surface area is 201 Å². The Morgan fingerprint density at radius 3 is 2.38 bits per heavy atom. The van der Waals surface area contributed by atoms with Gasteiger partial charge in [-0.05, 0) is 55.8 Å². The number of hydrogen-bond acceptors (Lipinski definition) is 5. The smallest absolute Gasteiger partial charge is 0.416 e. The molecule has 2 N–H and O–H groups in total. The van der Waals surface area contributed by atoms with E-state index in [4.69, 9.17) is 16.3 Å². The molecule has 0 fully saturated rings. The molecule has 0 radical (unpaired) electrons. The van der Waals surface area contributed by atoms with Crippen LogP contribution in [0.25, 0.3) is 0 Å². The number of hydrogen-bond donors (Lipinski definition) is 2. The molecule has 0 saturated heterocycles. The first-order chi connectivity index (χ1) is 16.0. The van der Waals surface area contributed by atoms with Crippen molar-refractivity contribution in [2.75, 3.05) is 17.2 Å². The van der Waals surface area contributed by atoms with Crippen LogP contribution in [0.2, 0.25) is 5.02 Å². The maximum absolute atomic E-state index is 13.0. The first kappa shape index (κ1) is 25.3. The van der Waals surface area contributed by atoms with Crippen LogP contribution in [-0.2, 0) is 10.9 Å². The molecular weight excluding hydrogens is 493 g/mol. The van der Waals surface area contributed by atoms with E-state index in [-0.39, 0.29) is 38.9 Å². The lowest BCUT2D eigenvalue weighted by atomic mass is 10.1. The minimum atomic E-state index is -4.57. The summed E-state index contributed by atoms with van der Waals surface area (Å²) < 4.78 is 44.0. The second kappa shape index (κ2) is 10.3. The average Bonchev–Trinajstić information content (AvgIpc) is 3.09. The summed E-state index contributed by atoms with van der Waals surface area (Å²) in [6.07, 6.45) is -4.57. The van der Waals surface area contributed by atoms with Crippen LogP contribution < -0.4 is 10.6 Å². The topological polar surface area (TPSA) is 84.5 Å². The van der Waals surface area contributed by atoms with Gasteiger partial charge in [-0.2, -0.15) is 13.2 Å².